The van der Waals surface area contributed by atoms with Crippen molar-refractivity contribution in [2.75, 3.05) is 27.2 Å². The number of nitrogens with zero attached hydrogens (tertiary/aromatic N) is 1. The standard InChI is InChI=1S/C26H32N2O7.ClH/c1-14(33-24(30)16-5-4-11-27-16)23(29)34-18-8-9-26(31)19-13-15-6-7-17(32-3)21-20(15)25(26,22(18)35-21)10-12-28(19)2;/h6-8,14,16,19,22,27,31H,4-5,9-13H2,1-3H3;1H/t14-,16-,19+,22-,25-,26+;/m0./s1. The summed E-state index contributed by atoms with van der Waals surface area (Å²) in [6.45, 7) is 3.06. The third-order valence-corrected chi connectivity index (χ3v) is 8.75. The Balaban J connectivity index is 0.00000267. The molecular weight excluding hydrogens is 488 g/mol. The van der Waals surface area contributed by atoms with E-state index < -0.39 is 35.2 Å². The summed E-state index contributed by atoms with van der Waals surface area (Å²) in [5.41, 5.74) is 0.280. The Morgan fingerprint density at radius 2 is 2.14 bits per heavy atom. The second kappa shape index (κ2) is 8.90. The number of likely N-dealkylation sites (N-methyl/N-ethyl adjacent to an activating group) is 1. The first-order chi connectivity index (χ1) is 16.8. The highest BCUT2D eigenvalue weighted by molar-refractivity contribution is 5.85. The van der Waals surface area contributed by atoms with E-state index >= 15 is 0 Å². The molecule has 0 radical (unpaired) electrons. The summed E-state index contributed by atoms with van der Waals surface area (Å²) in [6, 6.07) is 3.49. The second-order valence-electron chi connectivity index (χ2n) is 10.4. The van der Waals surface area contributed by atoms with Gasteiger partial charge in [0.15, 0.2) is 23.7 Å². The van der Waals surface area contributed by atoms with Crippen LogP contribution in [0.5, 0.6) is 11.5 Å². The Labute approximate surface area is 216 Å². The largest absolute Gasteiger partial charge is 0.493 e. The monoisotopic (exact) mass is 520 g/mol. The van der Waals surface area contributed by atoms with Gasteiger partial charge in [0.2, 0.25) is 0 Å². The van der Waals surface area contributed by atoms with Crippen molar-refractivity contribution in [2.45, 2.75) is 74.3 Å². The number of esters is 2. The number of hydrogen-bond acceptors (Lipinski definition) is 9. The van der Waals surface area contributed by atoms with Crippen molar-refractivity contribution >= 4 is 24.3 Å². The Kier molecular flexibility index (Phi) is 6.26. The maximum absolute atomic E-state index is 13.0. The Bertz CT molecular complexity index is 1120. The first kappa shape index (κ1) is 25.3. The van der Waals surface area contributed by atoms with Crippen LogP contribution in [0.25, 0.3) is 0 Å². The Hall–Kier alpha value is -2.33. The summed E-state index contributed by atoms with van der Waals surface area (Å²) in [5.74, 6) is 0.477. The van der Waals surface area contributed by atoms with Crippen molar-refractivity contribution in [1.82, 2.24) is 10.2 Å². The van der Waals surface area contributed by atoms with E-state index in [2.05, 4.69) is 16.3 Å². The van der Waals surface area contributed by atoms with Gasteiger partial charge in [-0.3, -0.25) is 4.79 Å². The Morgan fingerprint density at radius 1 is 1.33 bits per heavy atom. The van der Waals surface area contributed by atoms with Gasteiger partial charge in [-0.2, -0.15) is 0 Å². The molecule has 0 unspecified atom stereocenters. The van der Waals surface area contributed by atoms with Crippen molar-refractivity contribution in [3.05, 3.63) is 35.1 Å². The van der Waals surface area contributed by atoms with Crippen LogP contribution in [0.15, 0.2) is 24.0 Å². The molecule has 36 heavy (non-hydrogen) atoms. The number of halogens is 1. The highest BCUT2D eigenvalue weighted by Crippen LogP contribution is 2.65. The van der Waals surface area contributed by atoms with Crippen LogP contribution < -0.4 is 14.8 Å². The maximum Gasteiger partial charge on any atom is 0.352 e. The molecule has 2 N–H and O–H groups in total. The van der Waals surface area contributed by atoms with E-state index in [1.807, 2.05) is 13.1 Å². The fourth-order valence-electron chi connectivity index (χ4n) is 6.98. The molecule has 9 nitrogen and oxygen atoms in total. The summed E-state index contributed by atoms with van der Waals surface area (Å²) >= 11 is 0. The lowest BCUT2D eigenvalue weighted by Gasteiger charge is -2.61. The molecule has 0 amide bonds. The third kappa shape index (κ3) is 3.32. The van der Waals surface area contributed by atoms with Crippen LogP contribution in [-0.2, 0) is 30.9 Å². The van der Waals surface area contributed by atoms with Crippen LogP contribution in [0, 0.1) is 0 Å². The van der Waals surface area contributed by atoms with Gasteiger partial charge < -0.3 is 34.3 Å². The molecule has 5 aliphatic rings. The molecule has 2 saturated heterocycles. The maximum atomic E-state index is 13.0. The number of carbonyl (C=O) groups is 2. The number of likely N-dealkylation sites (tertiary alicyclic amines) is 1. The zero-order valence-electron chi connectivity index (χ0n) is 20.7. The SMILES string of the molecule is COc1ccc2c3c1O[C@H]1C(OC(=O)[C@H](C)OC(=O)[C@@H]4CCCN4)=CC[C@@]4(O)[C@@H](C2)N(C)CC[C@]314.Cl. The van der Waals surface area contributed by atoms with Crippen LogP contribution in [0.1, 0.15) is 43.7 Å². The molecule has 196 valence electrons. The average Bonchev–Trinajstić information content (AvgIpc) is 3.49. The molecule has 2 fully saturated rings. The minimum absolute atomic E-state index is 0. The fourth-order valence-corrected chi connectivity index (χ4v) is 6.98. The summed E-state index contributed by atoms with van der Waals surface area (Å²) in [4.78, 5) is 27.6. The van der Waals surface area contributed by atoms with E-state index in [1.165, 1.54) is 6.92 Å². The van der Waals surface area contributed by atoms with Crippen molar-refractivity contribution in [3.8, 4) is 11.5 Å². The molecule has 1 aromatic carbocycles. The number of aliphatic hydroxyl groups is 1. The van der Waals surface area contributed by atoms with E-state index in [0.717, 1.165) is 30.6 Å². The number of carbonyl (C=O) groups excluding carboxylic acids is 2. The van der Waals surface area contributed by atoms with Gasteiger partial charge in [-0.25, -0.2) is 4.79 Å². The summed E-state index contributed by atoms with van der Waals surface area (Å²) in [5, 5.41) is 15.3. The predicted molar refractivity (Wildman–Crippen MR) is 131 cm³/mol. The zero-order chi connectivity index (χ0) is 24.5. The minimum Gasteiger partial charge on any atom is -0.493 e. The zero-order valence-corrected chi connectivity index (χ0v) is 21.6. The molecule has 2 bridgehead atoms. The lowest BCUT2D eigenvalue weighted by Crippen LogP contribution is -2.74. The number of hydrogen-bond donors (Lipinski definition) is 2. The van der Waals surface area contributed by atoms with Gasteiger partial charge in [0.1, 0.15) is 11.8 Å². The number of rotatable bonds is 5. The lowest BCUT2D eigenvalue weighted by atomic mass is 9.50. The molecule has 1 spiro atoms. The van der Waals surface area contributed by atoms with Crippen molar-refractivity contribution < 1.29 is 33.6 Å². The van der Waals surface area contributed by atoms with Gasteiger partial charge in [0, 0.05) is 18.0 Å². The molecule has 2 aliphatic carbocycles. The van der Waals surface area contributed by atoms with Crippen molar-refractivity contribution in [2.24, 2.45) is 0 Å². The Morgan fingerprint density at radius 3 is 2.86 bits per heavy atom. The summed E-state index contributed by atoms with van der Waals surface area (Å²) in [6.07, 6.45) is 3.33. The lowest BCUT2D eigenvalue weighted by molar-refractivity contribution is -0.176. The quantitative estimate of drug-likeness (QED) is 0.560. The first-order valence-electron chi connectivity index (χ1n) is 12.5. The van der Waals surface area contributed by atoms with E-state index in [9.17, 15) is 14.7 Å². The normalized spacial score (nSPS) is 34.4. The predicted octanol–water partition coefficient (Wildman–Crippen LogP) is 1.62. The van der Waals surface area contributed by atoms with Crippen LogP contribution in [0.3, 0.4) is 0 Å². The number of piperidine rings is 1. The average molecular weight is 521 g/mol. The topological polar surface area (TPSA) is 107 Å². The van der Waals surface area contributed by atoms with Gasteiger partial charge in [-0.1, -0.05) is 6.07 Å². The highest BCUT2D eigenvalue weighted by atomic mass is 35.5. The first-order valence-corrected chi connectivity index (χ1v) is 12.5. The number of benzene rings is 1. The van der Waals surface area contributed by atoms with Crippen LogP contribution in [0.2, 0.25) is 0 Å². The molecule has 3 heterocycles. The molecule has 6 rings (SSSR count). The van der Waals surface area contributed by atoms with Gasteiger partial charge in [0.25, 0.3) is 0 Å². The number of nitrogens with one attached hydrogen (secondary N) is 1. The molecule has 1 aromatic rings. The van der Waals surface area contributed by atoms with E-state index in [4.69, 9.17) is 18.9 Å². The van der Waals surface area contributed by atoms with Crippen LogP contribution in [-0.4, -0.2) is 79.1 Å². The van der Waals surface area contributed by atoms with E-state index in [1.54, 1.807) is 13.2 Å². The van der Waals surface area contributed by atoms with Gasteiger partial charge in [-0.15, -0.1) is 12.4 Å². The van der Waals surface area contributed by atoms with Gasteiger partial charge in [0.05, 0.1) is 18.1 Å². The smallest absolute Gasteiger partial charge is 0.352 e. The minimum atomic E-state index is -1.07. The molecule has 3 aliphatic heterocycles. The molecule has 0 saturated carbocycles. The van der Waals surface area contributed by atoms with E-state index in [0.29, 0.717) is 42.9 Å². The molecule has 6 atom stereocenters. The number of methoxy groups -OCH3 is 1. The number of ether oxygens (including phenoxy) is 4. The molecular formula is C26H33ClN2O7. The molecule has 0 aromatic heterocycles. The summed E-state index contributed by atoms with van der Waals surface area (Å²) in [7, 11) is 3.64. The fraction of sp³-hybridized carbons (Fsp3) is 0.615. The summed E-state index contributed by atoms with van der Waals surface area (Å²) < 4.78 is 23.3. The van der Waals surface area contributed by atoms with Crippen molar-refractivity contribution in [1.29, 1.82) is 0 Å². The van der Waals surface area contributed by atoms with Crippen LogP contribution >= 0.6 is 12.4 Å². The van der Waals surface area contributed by atoms with Crippen LogP contribution in [0.4, 0.5) is 0 Å². The third-order valence-electron chi connectivity index (χ3n) is 8.75. The van der Waals surface area contributed by atoms with Crippen molar-refractivity contribution in [3.63, 3.8) is 0 Å². The highest BCUT2D eigenvalue weighted by Gasteiger charge is 2.72. The van der Waals surface area contributed by atoms with Gasteiger partial charge in [-0.05, 0) is 70.5 Å². The second-order valence-corrected chi connectivity index (χ2v) is 10.4. The van der Waals surface area contributed by atoms with Gasteiger partial charge >= 0.3 is 11.9 Å². The van der Waals surface area contributed by atoms with E-state index in [-0.39, 0.29) is 24.5 Å². The molecule has 10 heteroatoms.